The number of hydroxylamine groups is 1. The monoisotopic (exact) mass is 553 g/mol. The van der Waals surface area contributed by atoms with Crippen LogP contribution in [0.1, 0.15) is 50.3 Å². The van der Waals surface area contributed by atoms with E-state index in [4.69, 9.17) is 9.39 Å². The average molecular weight is 554 g/mol. The van der Waals surface area contributed by atoms with Crippen molar-refractivity contribution in [3.05, 3.63) is 65.9 Å². The van der Waals surface area contributed by atoms with Gasteiger partial charge in [-0.3, -0.25) is 10.0 Å². The lowest BCUT2D eigenvalue weighted by molar-refractivity contribution is -0.128. The molecule has 0 bridgehead atoms. The summed E-state index contributed by atoms with van der Waals surface area (Å²) in [5.74, 6) is -1.14. The van der Waals surface area contributed by atoms with Gasteiger partial charge in [-0.1, -0.05) is 62.9 Å². The first-order valence-electron chi connectivity index (χ1n) is 11.3. The Balaban J connectivity index is 1.77. The smallest absolute Gasteiger partial charge is 0.359 e. The van der Waals surface area contributed by atoms with Crippen molar-refractivity contribution < 1.29 is 31.0 Å². The molecule has 13 heteroatoms. The number of hydrogen-bond donors (Lipinski definition) is 2. The number of rotatable bonds is 13. The molecule has 0 radical (unpaired) electrons. The quantitative estimate of drug-likeness (QED) is 0.140. The van der Waals surface area contributed by atoms with Gasteiger partial charge in [0.25, 0.3) is 5.91 Å². The Morgan fingerprint density at radius 3 is 2.33 bits per heavy atom. The topological polar surface area (TPSA) is 153 Å². The van der Waals surface area contributed by atoms with E-state index >= 15 is 0 Å². The minimum Gasteiger partial charge on any atom is -0.378 e. The zero-order valence-corrected chi connectivity index (χ0v) is 22.0. The van der Waals surface area contributed by atoms with E-state index in [9.17, 15) is 21.6 Å². The predicted molar refractivity (Wildman–Crippen MR) is 133 cm³/mol. The molecule has 0 saturated heterocycles. The molecule has 2 aromatic carbocycles. The third-order valence-electron chi connectivity index (χ3n) is 5.43. The fraction of sp³-hybridized carbons (Fsp3) is 0.348. The van der Waals surface area contributed by atoms with E-state index in [2.05, 4.69) is 8.75 Å². The van der Waals surface area contributed by atoms with Gasteiger partial charge in [0.05, 0.1) is 16.6 Å². The predicted octanol–water partition coefficient (Wildman–Crippen LogP) is 3.51. The molecule has 1 atom stereocenters. The van der Waals surface area contributed by atoms with Crippen molar-refractivity contribution in [2.45, 2.75) is 60.6 Å². The van der Waals surface area contributed by atoms with Gasteiger partial charge in [0.15, 0.2) is 9.84 Å². The number of nitrogens with zero attached hydrogens (tertiary/aromatic N) is 2. The van der Waals surface area contributed by atoms with E-state index in [0.717, 1.165) is 48.7 Å². The summed E-state index contributed by atoms with van der Waals surface area (Å²) in [7, 11) is -8.47. The Kier molecular flexibility index (Phi) is 9.54. The Labute approximate surface area is 214 Å². The van der Waals surface area contributed by atoms with Gasteiger partial charge in [0.1, 0.15) is 16.7 Å². The molecule has 0 spiro atoms. The number of hydrogen-bond acceptors (Lipinski definition) is 10. The first-order chi connectivity index (χ1) is 17.2. The summed E-state index contributed by atoms with van der Waals surface area (Å²) in [5.41, 5.74) is 2.52. The van der Waals surface area contributed by atoms with Crippen LogP contribution in [-0.2, 0) is 31.2 Å². The van der Waals surface area contributed by atoms with Crippen molar-refractivity contribution in [1.82, 2.24) is 14.2 Å². The molecule has 3 aromatic rings. The summed E-state index contributed by atoms with van der Waals surface area (Å²) in [6.45, 7) is 2.01. The molecule has 0 aliphatic carbocycles. The van der Waals surface area contributed by atoms with Crippen LogP contribution >= 0.6 is 11.7 Å². The largest absolute Gasteiger partial charge is 0.378 e. The summed E-state index contributed by atoms with van der Waals surface area (Å²) in [5, 5.41) is 7.25. The Hall–Kier alpha value is -2.87. The highest BCUT2D eigenvalue weighted by Crippen LogP contribution is 2.26. The van der Waals surface area contributed by atoms with Crippen molar-refractivity contribution in [3.8, 4) is 5.75 Å². The highest BCUT2D eigenvalue weighted by molar-refractivity contribution is 7.92. The molecule has 194 valence electrons. The van der Waals surface area contributed by atoms with E-state index < -0.39 is 31.1 Å². The zero-order valence-electron chi connectivity index (χ0n) is 19.5. The lowest BCUT2D eigenvalue weighted by atomic mass is 10.1. The minimum atomic E-state index is -4.33. The SMILES string of the molecule is CCCCCCC(C(=O)NO)S(=O)(=O)c1ccc(OS(=O)(=O)c2nsnc2Cc2ccccc2)cc1. The number of benzene rings is 2. The number of sulfone groups is 1. The van der Waals surface area contributed by atoms with Crippen LogP contribution in [0.25, 0.3) is 0 Å². The normalized spacial score (nSPS) is 12.7. The van der Waals surface area contributed by atoms with Gasteiger partial charge in [-0.25, -0.2) is 13.9 Å². The first kappa shape index (κ1) is 27.7. The Morgan fingerprint density at radius 2 is 1.69 bits per heavy atom. The molecule has 10 nitrogen and oxygen atoms in total. The molecule has 0 fully saturated rings. The van der Waals surface area contributed by atoms with Crippen molar-refractivity contribution in [3.63, 3.8) is 0 Å². The van der Waals surface area contributed by atoms with Gasteiger partial charge >= 0.3 is 10.1 Å². The second-order valence-corrected chi connectivity index (χ2v) is 12.2. The molecule has 1 unspecified atom stereocenters. The summed E-state index contributed by atoms with van der Waals surface area (Å²) in [6, 6.07) is 13.9. The lowest BCUT2D eigenvalue weighted by Gasteiger charge is -2.16. The third-order valence-corrected chi connectivity index (χ3v) is 9.45. The molecular formula is C23H27N3O7S3. The first-order valence-corrected chi connectivity index (χ1v) is 14.9. The molecule has 0 aliphatic heterocycles. The molecule has 0 saturated carbocycles. The van der Waals surface area contributed by atoms with E-state index in [-0.39, 0.29) is 34.2 Å². The van der Waals surface area contributed by atoms with E-state index in [1.165, 1.54) is 17.6 Å². The molecule has 0 aliphatic rings. The third kappa shape index (κ3) is 6.87. The van der Waals surface area contributed by atoms with Crippen LogP contribution in [0.3, 0.4) is 0 Å². The van der Waals surface area contributed by atoms with Gasteiger partial charge in [0.2, 0.25) is 5.03 Å². The Bertz CT molecular complexity index is 1360. The number of carbonyl (C=O) groups is 1. The number of amides is 1. The number of nitrogens with one attached hydrogen (secondary N) is 1. The van der Waals surface area contributed by atoms with Crippen LogP contribution in [0, 0.1) is 0 Å². The maximum Gasteiger partial charge on any atom is 0.359 e. The van der Waals surface area contributed by atoms with Crippen LogP contribution in [0.2, 0.25) is 0 Å². The molecule has 3 rings (SSSR count). The summed E-state index contributed by atoms with van der Waals surface area (Å²) >= 11 is 0.749. The highest BCUT2D eigenvalue weighted by atomic mass is 32.2. The summed E-state index contributed by atoms with van der Waals surface area (Å²) in [4.78, 5) is 11.9. The standard InChI is InChI=1S/C23H27N3O7S3/c1-2-3-4-8-11-21(22(27)24-28)35(29,30)19-14-12-18(13-15-19)33-36(31,32)23-20(25-34-26-23)16-17-9-6-5-7-10-17/h5-7,9-10,12-15,21,28H,2-4,8,11,16H2,1H3,(H,24,27). The van der Waals surface area contributed by atoms with Crippen molar-refractivity contribution in [2.75, 3.05) is 0 Å². The van der Waals surface area contributed by atoms with Crippen molar-refractivity contribution >= 4 is 37.6 Å². The van der Waals surface area contributed by atoms with Crippen LogP contribution in [0.5, 0.6) is 5.75 Å². The fourth-order valence-corrected chi connectivity index (χ4v) is 7.05. The summed E-state index contributed by atoms with van der Waals surface area (Å²) < 4.78 is 64.9. The number of unbranched alkanes of at least 4 members (excludes halogenated alkanes) is 3. The molecule has 2 N–H and O–H groups in total. The van der Waals surface area contributed by atoms with Gasteiger partial charge in [0, 0.05) is 6.42 Å². The van der Waals surface area contributed by atoms with E-state index in [1.807, 2.05) is 37.3 Å². The van der Waals surface area contributed by atoms with Crippen LogP contribution in [-0.4, -0.2) is 41.9 Å². The van der Waals surface area contributed by atoms with Gasteiger partial charge in [-0.05, 0) is 36.2 Å². The summed E-state index contributed by atoms with van der Waals surface area (Å²) in [6.07, 6.45) is 3.39. The second-order valence-electron chi connectivity index (χ2n) is 8.05. The Morgan fingerprint density at radius 1 is 1.00 bits per heavy atom. The maximum atomic E-state index is 13.1. The van der Waals surface area contributed by atoms with Crippen LogP contribution in [0.4, 0.5) is 0 Å². The molecule has 36 heavy (non-hydrogen) atoms. The number of carbonyl (C=O) groups excluding carboxylic acids is 1. The van der Waals surface area contributed by atoms with Crippen molar-refractivity contribution in [2.24, 2.45) is 0 Å². The van der Waals surface area contributed by atoms with Crippen LogP contribution in [0.15, 0.2) is 64.5 Å². The lowest BCUT2D eigenvalue weighted by Crippen LogP contribution is -2.38. The minimum absolute atomic E-state index is 0.0440. The zero-order chi connectivity index (χ0) is 26.2. The molecule has 1 heterocycles. The van der Waals surface area contributed by atoms with E-state index in [0.29, 0.717) is 6.42 Å². The average Bonchev–Trinajstić information content (AvgIpc) is 3.33. The van der Waals surface area contributed by atoms with Crippen molar-refractivity contribution in [1.29, 1.82) is 0 Å². The van der Waals surface area contributed by atoms with Crippen LogP contribution < -0.4 is 9.66 Å². The van der Waals surface area contributed by atoms with Gasteiger partial charge in [-0.2, -0.15) is 17.2 Å². The maximum absolute atomic E-state index is 13.1. The van der Waals surface area contributed by atoms with E-state index in [1.54, 1.807) is 0 Å². The number of aromatic nitrogens is 2. The van der Waals surface area contributed by atoms with Gasteiger partial charge in [-0.15, -0.1) is 0 Å². The second kappa shape index (κ2) is 12.4. The molecule has 1 amide bonds. The fourth-order valence-electron chi connectivity index (χ4n) is 3.56. The highest BCUT2D eigenvalue weighted by Gasteiger charge is 2.34. The van der Waals surface area contributed by atoms with Gasteiger partial charge < -0.3 is 4.18 Å². The molecular weight excluding hydrogens is 526 g/mol. The molecule has 1 aromatic heterocycles.